The number of benzene rings is 2. The Hall–Kier alpha value is -2.29. The third kappa shape index (κ3) is 6.12. The molecule has 3 rings (SSSR count). The minimum Gasteiger partial charge on any atom is -0.489 e. The first-order chi connectivity index (χ1) is 12.9. The summed E-state index contributed by atoms with van der Waals surface area (Å²) in [6.07, 6.45) is -4.91. The average molecular weight is 417 g/mol. The molecule has 2 aromatic rings. The maximum atomic E-state index is 12.7. The van der Waals surface area contributed by atoms with Crippen LogP contribution in [0.15, 0.2) is 48.5 Å². The molecule has 1 fully saturated rings. The molecular formula is C19H20ClF3N2O3. The standard InChI is InChI=1S/C19H19F3N2O3.ClH/c20-19(21,22)14-3-1-2-13(10-14)12-27-16-6-4-15(5-7-16)24-18(25)17-11-23-8-9-26-17;/h1-7,10,17,23H,8-9,11-12H2,(H,24,25);1H. The molecule has 1 atom stereocenters. The third-order valence-corrected chi connectivity index (χ3v) is 4.00. The summed E-state index contributed by atoms with van der Waals surface area (Å²) in [7, 11) is 0. The van der Waals surface area contributed by atoms with Gasteiger partial charge in [-0.3, -0.25) is 4.79 Å². The number of nitrogens with one attached hydrogen (secondary N) is 2. The molecule has 2 aromatic carbocycles. The van der Waals surface area contributed by atoms with Crippen molar-refractivity contribution in [2.75, 3.05) is 25.0 Å². The molecule has 1 unspecified atom stereocenters. The highest BCUT2D eigenvalue weighted by Gasteiger charge is 2.30. The van der Waals surface area contributed by atoms with Gasteiger partial charge < -0.3 is 20.1 Å². The van der Waals surface area contributed by atoms with Crippen LogP contribution in [-0.4, -0.2) is 31.7 Å². The maximum absolute atomic E-state index is 12.7. The van der Waals surface area contributed by atoms with Crippen molar-refractivity contribution in [3.05, 3.63) is 59.7 Å². The van der Waals surface area contributed by atoms with Crippen molar-refractivity contribution >= 4 is 24.0 Å². The van der Waals surface area contributed by atoms with Crippen LogP contribution in [0.2, 0.25) is 0 Å². The zero-order chi connectivity index (χ0) is 19.3. The van der Waals surface area contributed by atoms with Crippen LogP contribution in [0.3, 0.4) is 0 Å². The predicted molar refractivity (Wildman–Crippen MR) is 101 cm³/mol. The van der Waals surface area contributed by atoms with Gasteiger partial charge in [0.15, 0.2) is 0 Å². The van der Waals surface area contributed by atoms with E-state index in [1.54, 1.807) is 30.3 Å². The second-order valence-corrected chi connectivity index (χ2v) is 6.06. The number of amides is 1. The van der Waals surface area contributed by atoms with Crippen LogP contribution in [0, 0.1) is 0 Å². The lowest BCUT2D eigenvalue weighted by molar-refractivity contribution is -0.137. The lowest BCUT2D eigenvalue weighted by Gasteiger charge is -2.22. The Morgan fingerprint density at radius 1 is 1.21 bits per heavy atom. The molecule has 1 aliphatic heterocycles. The Morgan fingerprint density at radius 3 is 2.61 bits per heavy atom. The first kappa shape index (κ1) is 22.0. The third-order valence-electron chi connectivity index (χ3n) is 4.00. The minimum atomic E-state index is -4.38. The van der Waals surface area contributed by atoms with E-state index in [1.807, 2.05) is 0 Å². The van der Waals surface area contributed by atoms with Gasteiger partial charge in [0.2, 0.25) is 0 Å². The SMILES string of the molecule is Cl.O=C(Nc1ccc(OCc2cccc(C(F)(F)F)c2)cc1)C1CNCCO1. The van der Waals surface area contributed by atoms with Crippen LogP contribution in [0.25, 0.3) is 0 Å². The number of hydrogen-bond donors (Lipinski definition) is 2. The van der Waals surface area contributed by atoms with Crippen molar-refractivity contribution < 1.29 is 27.4 Å². The summed E-state index contributed by atoms with van der Waals surface area (Å²) in [5.41, 5.74) is 0.297. The zero-order valence-electron chi connectivity index (χ0n) is 14.8. The fraction of sp³-hybridized carbons (Fsp3) is 0.316. The second-order valence-electron chi connectivity index (χ2n) is 6.06. The summed E-state index contributed by atoms with van der Waals surface area (Å²) >= 11 is 0. The van der Waals surface area contributed by atoms with E-state index in [2.05, 4.69) is 10.6 Å². The van der Waals surface area contributed by atoms with Crippen molar-refractivity contribution in [3.8, 4) is 5.75 Å². The van der Waals surface area contributed by atoms with E-state index < -0.39 is 17.8 Å². The van der Waals surface area contributed by atoms with Gasteiger partial charge >= 0.3 is 6.18 Å². The topological polar surface area (TPSA) is 59.6 Å². The number of carbonyl (C=O) groups is 1. The Balaban J connectivity index is 0.00000280. The van der Waals surface area contributed by atoms with E-state index in [0.29, 0.717) is 30.2 Å². The number of alkyl halides is 3. The molecule has 152 valence electrons. The van der Waals surface area contributed by atoms with Gasteiger partial charge in [-0.05, 0) is 42.0 Å². The van der Waals surface area contributed by atoms with Gasteiger partial charge in [0.05, 0.1) is 12.2 Å². The molecule has 1 saturated heterocycles. The van der Waals surface area contributed by atoms with E-state index in [9.17, 15) is 18.0 Å². The molecule has 0 spiro atoms. The lowest BCUT2D eigenvalue weighted by atomic mass is 10.1. The van der Waals surface area contributed by atoms with Gasteiger partial charge in [0.1, 0.15) is 18.5 Å². The Morgan fingerprint density at radius 2 is 1.96 bits per heavy atom. The summed E-state index contributed by atoms with van der Waals surface area (Å²) in [6.45, 7) is 1.68. The van der Waals surface area contributed by atoms with Crippen molar-refractivity contribution in [2.45, 2.75) is 18.9 Å². The molecule has 1 heterocycles. The molecule has 0 bridgehead atoms. The average Bonchev–Trinajstić information content (AvgIpc) is 2.68. The van der Waals surface area contributed by atoms with Crippen LogP contribution in [0.5, 0.6) is 5.75 Å². The van der Waals surface area contributed by atoms with Crippen molar-refractivity contribution in [1.82, 2.24) is 5.32 Å². The van der Waals surface area contributed by atoms with Crippen molar-refractivity contribution in [2.24, 2.45) is 0 Å². The smallest absolute Gasteiger partial charge is 0.416 e. The summed E-state index contributed by atoms with van der Waals surface area (Å²) in [5, 5.41) is 5.83. The summed E-state index contributed by atoms with van der Waals surface area (Å²) in [6, 6.07) is 11.6. The van der Waals surface area contributed by atoms with Gasteiger partial charge in [-0.1, -0.05) is 12.1 Å². The fourth-order valence-corrected chi connectivity index (χ4v) is 2.60. The number of carbonyl (C=O) groups excluding carboxylic acids is 1. The molecule has 0 radical (unpaired) electrons. The van der Waals surface area contributed by atoms with E-state index in [0.717, 1.165) is 18.7 Å². The number of rotatable bonds is 5. The fourth-order valence-electron chi connectivity index (χ4n) is 2.60. The predicted octanol–water partition coefficient (Wildman–Crippen LogP) is 3.63. The molecular weight excluding hydrogens is 397 g/mol. The Kier molecular flexibility index (Phi) is 7.68. The molecule has 1 aliphatic rings. The molecule has 0 aliphatic carbocycles. The number of ether oxygens (including phenoxy) is 2. The first-order valence-corrected chi connectivity index (χ1v) is 8.44. The van der Waals surface area contributed by atoms with Crippen molar-refractivity contribution in [3.63, 3.8) is 0 Å². The highest BCUT2D eigenvalue weighted by Crippen LogP contribution is 2.29. The van der Waals surface area contributed by atoms with Gasteiger partial charge in [-0.15, -0.1) is 12.4 Å². The van der Waals surface area contributed by atoms with E-state index >= 15 is 0 Å². The zero-order valence-corrected chi connectivity index (χ0v) is 15.6. The number of morpholine rings is 1. The Bertz CT molecular complexity index is 779. The van der Waals surface area contributed by atoms with Crippen LogP contribution in [0.4, 0.5) is 18.9 Å². The number of halogens is 4. The van der Waals surface area contributed by atoms with Crippen LogP contribution in [0.1, 0.15) is 11.1 Å². The number of hydrogen-bond acceptors (Lipinski definition) is 4. The highest BCUT2D eigenvalue weighted by molar-refractivity contribution is 5.94. The molecule has 9 heteroatoms. The summed E-state index contributed by atoms with van der Waals surface area (Å²) < 4.78 is 49.1. The molecule has 0 aromatic heterocycles. The molecule has 28 heavy (non-hydrogen) atoms. The quantitative estimate of drug-likeness (QED) is 0.781. The van der Waals surface area contributed by atoms with Gasteiger partial charge in [-0.25, -0.2) is 0 Å². The highest BCUT2D eigenvalue weighted by atomic mass is 35.5. The van der Waals surface area contributed by atoms with E-state index in [-0.39, 0.29) is 24.9 Å². The minimum absolute atomic E-state index is 0. The van der Waals surface area contributed by atoms with Gasteiger partial charge in [0.25, 0.3) is 5.91 Å². The Labute approximate surface area is 166 Å². The molecule has 2 N–H and O–H groups in total. The normalized spacial score (nSPS) is 16.8. The maximum Gasteiger partial charge on any atom is 0.416 e. The molecule has 1 amide bonds. The first-order valence-electron chi connectivity index (χ1n) is 8.44. The summed E-state index contributed by atoms with van der Waals surface area (Å²) in [5.74, 6) is 0.251. The van der Waals surface area contributed by atoms with Gasteiger partial charge in [0, 0.05) is 18.8 Å². The van der Waals surface area contributed by atoms with Gasteiger partial charge in [-0.2, -0.15) is 13.2 Å². The summed E-state index contributed by atoms with van der Waals surface area (Å²) in [4.78, 5) is 12.1. The number of anilines is 1. The largest absolute Gasteiger partial charge is 0.489 e. The van der Waals surface area contributed by atoms with Crippen LogP contribution < -0.4 is 15.4 Å². The van der Waals surface area contributed by atoms with E-state index in [4.69, 9.17) is 9.47 Å². The monoisotopic (exact) mass is 416 g/mol. The van der Waals surface area contributed by atoms with Crippen LogP contribution in [-0.2, 0) is 22.3 Å². The molecule has 5 nitrogen and oxygen atoms in total. The lowest BCUT2D eigenvalue weighted by Crippen LogP contribution is -2.45. The molecule has 0 saturated carbocycles. The van der Waals surface area contributed by atoms with Crippen LogP contribution >= 0.6 is 12.4 Å². The second kappa shape index (κ2) is 9.77. The van der Waals surface area contributed by atoms with E-state index in [1.165, 1.54) is 6.07 Å². The van der Waals surface area contributed by atoms with Crippen molar-refractivity contribution in [1.29, 1.82) is 0 Å².